The van der Waals surface area contributed by atoms with E-state index >= 15 is 0 Å². The van der Waals surface area contributed by atoms with Crippen molar-refractivity contribution >= 4 is 22.9 Å². The summed E-state index contributed by atoms with van der Waals surface area (Å²) >= 11 is 0. The van der Waals surface area contributed by atoms with Crippen LogP contribution in [0.15, 0.2) is 119 Å². The van der Waals surface area contributed by atoms with E-state index in [0.29, 0.717) is 33.6 Å². The first kappa shape index (κ1) is 19.2. The summed E-state index contributed by atoms with van der Waals surface area (Å²) in [6.07, 6.45) is 0. The molecule has 30 heavy (non-hydrogen) atoms. The predicted molar refractivity (Wildman–Crippen MR) is 117 cm³/mol. The number of ketones is 2. The minimum Gasteiger partial charge on any atom is -0.289 e. The minimum absolute atomic E-state index is 0.0299. The zero-order valence-corrected chi connectivity index (χ0v) is 16.1. The van der Waals surface area contributed by atoms with Gasteiger partial charge >= 0.3 is 0 Å². The fraction of sp³-hybridized carbons (Fsp3) is 0. The maximum Gasteiger partial charge on any atom is 0.193 e. The first-order valence-corrected chi connectivity index (χ1v) is 9.52. The second kappa shape index (κ2) is 8.88. The minimum atomic E-state index is -0.0299. The lowest BCUT2D eigenvalue weighted by atomic mass is 10.0. The Labute approximate surface area is 174 Å². The summed E-state index contributed by atoms with van der Waals surface area (Å²) in [6.45, 7) is 0. The number of benzene rings is 4. The molecule has 0 saturated carbocycles. The van der Waals surface area contributed by atoms with E-state index in [2.05, 4.69) is 10.2 Å². The van der Waals surface area contributed by atoms with Crippen molar-refractivity contribution in [2.75, 3.05) is 0 Å². The van der Waals surface area contributed by atoms with Gasteiger partial charge in [0.2, 0.25) is 0 Å². The summed E-state index contributed by atoms with van der Waals surface area (Å²) in [4.78, 5) is 24.9. The predicted octanol–water partition coefficient (Wildman–Crippen LogP) is 6.56. The molecule has 0 spiro atoms. The summed E-state index contributed by atoms with van der Waals surface area (Å²) in [5.41, 5.74) is 3.79. The number of rotatable bonds is 6. The monoisotopic (exact) mass is 390 g/mol. The standard InChI is InChI=1S/C26H18N2O2/c29-25(19-7-3-1-4-8-19)21-11-15-23(16-12-21)27-28-24-17-13-22(14-18-24)26(30)20-9-5-2-6-10-20/h1-18H. The van der Waals surface area contributed by atoms with E-state index in [1.165, 1.54) is 0 Å². The lowest BCUT2D eigenvalue weighted by Crippen LogP contribution is -2.00. The molecule has 4 nitrogen and oxygen atoms in total. The van der Waals surface area contributed by atoms with Crippen LogP contribution in [0.1, 0.15) is 31.8 Å². The third-order valence-electron chi connectivity index (χ3n) is 4.61. The average Bonchev–Trinajstić information content (AvgIpc) is 2.83. The van der Waals surface area contributed by atoms with E-state index in [9.17, 15) is 9.59 Å². The van der Waals surface area contributed by atoms with Crippen LogP contribution in [0.25, 0.3) is 0 Å². The van der Waals surface area contributed by atoms with Crippen molar-refractivity contribution in [2.45, 2.75) is 0 Å². The molecule has 0 aliphatic carbocycles. The third kappa shape index (κ3) is 4.45. The van der Waals surface area contributed by atoms with Crippen LogP contribution in [0, 0.1) is 0 Å². The van der Waals surface area contributed by atoms with Gasteiger partial charge in [-0.2, -0.15) is 10.2 Å². The first-order chi connectivity index (χ1) is 14.7. The van der Waals surface area contributed by atoms with Crippen LogP contribution in [0.5, 0.6) is 0 Å². The summed E-state index contributed by atoms with van der Waals surface area (Å²) in [5, 5.41) is 8.42. The number of azo groups is 1. The maximum atomic E-state index is 12.4. The van der Waals surface area contributed by atoms with Gasteiger partial charge in [-0.25, -0.2) is 0 Å². The Morgan fingerprint density at radius 2 is 0.700 bits per heavy atom. The molecule has 0 aliphatic rings. The smallest absolute Gasteiger partial charge is 0.193 e. The van der Waals surface area contributed by atoms with Crippen LogP contribution >= 0.6 is 0 Å². The Balaban J connectivity index is 1.44. The van der Waals surface area contributed by atoms with Gasteiger partial charge in [-0.3, -0.25) is 9.59 Å². The van der Waals surface area contributed by atoms with Crippen LogP contribution in [0.2, 0.25) is 0 Å². The van der Waals surface area contributed by atoms with E-state index in [0.717, 1.165) is 0 Å². The second-order valence-corrected chi connectivity index (χ2v) is 6.68. The van der Waals surface area contributed by atoms with Gasteiger partial charge in [-0.1, -0.05) is 60.7 Å². The Morgan fingerprint density at radius 3 is 1.03 bits per heavy atom. The molecule has 4 aromatic rings. The van der Waals surface area contributed by atoms with E-state index in [1.807, 2.05) is 36.4 Å². The molecule has 0 N–H and O–H groups in total. The number of carbonyl (C=O) groups excluding carboxylic acids is 2. The third-order valence-corrected chi connectivity index (χ3v) is 4.61. The summed E-state index contributed by atoms with van der Waals surface area (Å²) in [6, 6.07) is 32.3. The molecule has 0 radical (unpaired) electrons. The highest BCUT2D eigenvalue weighted by Crippen LogP contribution is 2.21. The number of hydrogen-bond acceptors (Lipinski definition) is 4. The van der Waals surface area contributed by atoms with Gasteiger partial charge in [-0.05, 0) is 48.5 Å². The van der Waals surface area contributed by atoms with Crippen molar-refractivity contribution in [3.63, 3.8) is 0 Å². The normalized spacial score (nSPS) is 10.8. The Morgan fingerprint density at radius 1 is 0.400 bits per heavy atom. The SMILES string of the molecule is O=C(c1ccccc1)c1ccc(N=Nc2ccc(C(=O)c3ccccc3)cc2)cc1. The molecule has 0 fully saturated rings. The van der Waals surface area contributed by atoms with Crippen molar-refractivity contribution in [2.24, 2.45) is 10.2 Å². The summed E-state index contributed by atoms with van der Waals surface area (Å²) < 4.78 is 0. The molecule has 0 saturated heterocycles. The molecule has 4 rings (SSSR count). The van der Waals surface area contributed by atoms with Crippen LogP contribution in [-0.2, 0) is 0 Å². The van der Waals surface area contributed by atoms with Crippen LogP contribution in [0.3, 0.4) is 0 Å². The van der Waals surface area contributed by atoms with Gasteiger partial charge in [0.05, 0.1) is 11.4 Å². The van der Waals surface area contributed by atoms with Gasteiger partial charge in [0.1, 0.15) is 0 Å². The molecule has 0 atom stereocenters. The molecule has 4 aromatic carbocycles. The first-order valence-electron chi connectivity index (χ1n) is 9.52. The van der Waals surface area contributed by atoms with Gasteiger partial charge in [0.15, 0.2) is 11.6 Å². The quantitative estimate of drug-likeness (QED) is 0.276. The molecule has 0 amide bonds. The Bertz CT molecular complexity index is 1080. The summed E-state index contributed by atoms with van der Waals surface area (Å²) in [7, 11) is 0. The maximum absolute atomic E-state index is 12.4. The number of carbonyl (C=O) groups is 2. The van der Waals surface area contributed by atoms with Crippen LogP contribution < -0.4 is 0 Å². The molecule has 0 bridgehead atoms. The van der Waals surface area contributed by atoms with E-state index in [1.54, 1.807) is 72.8 Å². The molecule has 0 aliphatic heterocycles. The molecule has 0 aromatic heterocycles. The highest BCUT2D eigenvalue weighted by Gasteiger charge is 2.09. The number of nitrogens with zero attached hydrogens (tertiary/aromatic N) is 2. The fourth-order valence-corrected chi connectivity index (χ4v) is 2.99. The molecule has 0 unspecified atom stereocenters. The molecule has 0 heterocycles. The molecule has 4 heteroatoms. The van der Waals surface area contributed by atoms with E-state index in [-0.39, 0.29) is 11.6 Å². The zero-order valence-electron chi connectivity index (χ0n) is 16.1. The second-order valence-electron chi connectivity index (χ2n) is 6.68. The molecule has 144 valence electrons. The van der Waals surface area contributed by atoms with Gasteiger partial charge in [0.25, 0.3) is 0 Å². The van der Waals surface area contributed by atoms with E-state index in [4.69, 9.17) is 0 Å². The largest absolute Gasteiger partial charge is 0.289 e. The van der Waals surface area contributed by atoms with Crippen molar-refractivity contribution < 1.29 is 9.59 Å². The fourth-order valence-electron chi connectivity index (χ4n) is 2.99. The Kier molecular flexibility index (Phi) is 5.67. The zero-order chi connectivity index (χ0) is 20.8. The van der Waals surface area contributed by atoms with Crippen LogP contribution in [-0.4, -0.2) is 11.6 Å². The van der Waals surface area contributed by atoms with Crippen molar-refractivity contribution in [3.05, 3.63) is 131 Å². The van der Waals surface area contributed by atoms with Crippen LogP contribution in [0.4, 0.5) is 11.4 Å². The van der Waals surface area contributed by atoms with Crippen molar-refractivity contribution in [3.8, 4) is 0 Å². The summed E-state index contributed by atoms with van der Waals surface area (Å²) in [5.74, 6) is -0.0597. The highest BCUT2D eigenvalue weighted by molar-refractivity contribution is 6.09. The van der Waals surface area contributed by atoms with Gasteiger partial charge in [0, 0.05) is 22.3 Å². The van der Waals surface area contributed by atoms with E-state index < -0.39 is 0 Å². The van der Waals surface area contributed by atoms with Gasteiger partial charge in [-0.15, -0.1) is 0 Å². The van der Waals surface area contributed by atoms with Crippen molar-refractivity contribution in [1.82, 2.24) is 0 Å². The highest BCUT2D eigenvalue weighted by atomic mass is 16.1. The topological polar surface area (TPSA) is 58.9 Å². The molecular weight excluding hydrogens is 372 g/mol. The molecular formula is C26H18N2O2. The number of hydrogen-bond donors (Lipinski definition) is 0. The average molecular weight is 390 g/mol. The van der Waals surface area contributed by atoms with Gasteiger partial charge < -0.3 is 0 Å². The van der Waals surface area contributed by atoms with Crippen molar-refractivity contribution in [1.29, 1.82) is 0 Å². The lowest BCUT2D eigenvalue weighted by molar-refractivity contribution is 0.103. The lowest BCUT2D eigenvalue weighted by Gasteiger charge is -2.02. The Hall–Kier alpha value is -4.18.